The van der Waals surface area contributed by atoms with Crippen LogP contribution in [0.25, 0.3) is 0 Å². The molecule has 1 aromatic rings. The van der Waals surface area contributed by atoms with E-state index in [0.29, 0.717) is 23.5 Å². The first-order valence-corrected chi connectivity index (χ1v) is 7.53. The summed E-state index contributed by atoms with van der Waals surface area (Å²) >= 11 is 0. The van der Waals surface area contributed by atoms with Crippen molar-refractivity contribution in [1.82, 2.24) is 15.3 Å². The molecule has 1 N–H and O–H groups in total. The van der Waals surface area contributed by atoms with Crippen LogP contribution in [0.15, 0.2) is 6.07 Å². The predicted molar refractivity (Wildman–Crippen MR) is 77.9 cm³/mol. The number of rotatable bonds is 3. The molecular weight excluding hydrogens is 252 g/mol. The van der Waals surface area contributed by atoms with Crippen LogP contribution in [0, 0.1) is 12.8 Å². The third-order valence-electron chi connectivity index (χ3n) is 3.95. The first-order valence-electron chi connectivity index (χ1n) is 7.53. The van der Waals surface area contributed by atoms with Crippen molar-refractivity contribution in [3.05, 3.63) is 17.6 Å². The van der Waals surface area contributed by atoms with Gasteiger partial charge in [-0.1, -0.05) is 6.92 Å². The number of carbonyl (C=O) groups excluding carboxylic acids is 1. The second kappa shape index (κ2) is 5.38. The fourth-order valence-electron chi connectivity index (χ4n) is 2.71. The van der Waals surface area contributed by atoms with E-state index in [1.54, 1.807) is 0 Å². The van der Waals surface area contributed by atoms with Gasteiger partial charge in [0.1, 0.15) is 17.3 Å². The molecule has 2 fully saturated rings. The lowest BCUT2D eigenvalue weighted by atomic mass is 10.0. The van der Waals surface area contributed by atoms with Crippen molar-refractivity contribution in [3.63, 3.8) is 0 Å². The van der Waals surface area contributed by atoms with Gasteiger partial charge in [-0.15, -0.1) is 0 Å². The van der Waals surface area contributed by atoms with E-state index in [-0.39, 0.29) is 5.91 Å². The van der Waals surface area contributed by atoms with E-state index < -0.39 is 0 Å². The Bertz CT molecular complexity index is 513. The third kappa shape index (κ3) is 3.08. The maximum atomic E-state index is 12.1. The summed E-state index contributed by atoms with van der Waals surface area (Å²) in [7, 11) is 0. The van der Waals surface area contributed by atoms with Gasteiger partial charge < -0.3 is 10.2 Å². The highest BCUT2D eigenvalue weighted by molar-refractivity contribution is 5.93. The number of hydrogen-bond acceptors (Lipinski definition) is 4. The Morgan fingerprint density at radius 3 is 2.85 bits per heavy atom. The molecule has 0 spiro atoms. The van der Waals surface area contributed by atoms with E-state index in [2.05, 4.69) is 27.1 Å². The standard InChI is InChI=1S/C15H22N4O/c1-10-4-3-7-19(9-10)14-8-13(16-11(2)17-14)15(20)18-12-5-6-12/h8,10,12H,3-7,9H2,1-2H3,(H,18,20). The highest BCUT2D eigenvalue weighted by Crippen LogP contribution is 2.23. The highest BCUT2D eigenvalue weighted by Gasteiger charge is 2.25. The first kappa shape index (κ1) is 13.3. The van der Waals surface area contributed by atoms with E-state index in [1.807, 2.05) is 13.0 Å². The lowest BCUT2D eigenvalue weighted by molar-refractivity contribution is 0.0945. The van der Waals surface area contributed by atoms with Gasteiger partial charge >= 0.3 is 0 Å². The Kier molecular flexibility index (Phi) is 3.59. The van der Waals surface area contributed by atoms with Crippen molar-refractivity contribution >= 4 is 11.7 Å². The topological polar surface area (TPSA) is 58.1 Å². The van der Waals surface area contributed by atoms with Crippen LogP contribution in [0.2, 0.25) is 0 Å². The normalized spacial score (nSPS) is 22.7. The van der Waals surface area contributed by atoms with Crippen LogP contribution in [-0.4, -0.2) is 35.0 Å². The van der Waals surface area contributed by atoms with Gasteiger partial charge in [-0.3, -0.25) is 4.79 Å². The lowest BCUT2D eigenvalue weighted by Crippen LogP contribution is -2.35. The number of amides is 1. The second-order valence-corrected chi connectivity index (χ2v) is 6.10. The molecule has 1 aliphatic carbocycles. The van der Waals surface area contributed by atoms with Gasteiger partial charge in [0.15, 0.2) is 0 Å². The average molecular weight is 274 g/mol. The SMILES string of the molecule is Cc1nc(C(=O)NC2CC2)cc(N2CCCC(C)C2)n1. The van der Waals surface area contributed by atoms with Crippen LogP contribution in [0.5, 0.6) is 0 Å². The number of hydrogen-bond donors (Lipinski definition) is 1. The first-order chi connectivity index (χ1) is 9.61. The molecule has 1 atom stereocenters. The smallest absolute Gasteiger partial charge is 0.270 e. The number of carbonyl (C=O) groups is 1. The van der Waals surface area contributed by atoms with E-state index in [0.717, 1.165) is 31.7 Å². The average Bonchev–Trinajstić information content (AvgIpc) is 3.22. The molecule has 1 saturated carbocycles. The molecule has 1 saturated heterocycles. The largest absolute Gasteiger partial charge is 0.356 e. The number of anilines is 1. The minimum atomic E-state index is -0.0655. The van der Waals surface area contributed by atoms with Crippen LogP contribution in [0.3, 0.4) is 0 Å². The Labute approximate surface area is 119 Å². The van der Waals surface area contributed by atoms with Gasteiger partial charge in [-0.2, -0.15) is 0 Å². The molecule has 2 heterocycles. The Hall–Kier alpha value is -1.65. The summed E-state index contributed by atoms with van der Waals surface area (Å²) in [5.74, 6) is 2.18. The summed E-state index contributed by atoms with van der Waals surface area (Å²) in [4.78, 5) is 23.2. The van der Waals surface area contributed by atoms with Gasteiger partial charge in [0, 0.05) is 25.2 Å². The molecule has 1 aliphatic heterocycles. The molecule has 20 heavy (non-hydrogen) atoms. The van der Waals surface area contributed by atoms with Crippen LogP contribution >= 0.6 is 0 Å². The molecule has 2 aliphatic rings. The summed E-state index contributed by atoms with van der Waals surface area (Å²) < 4.78 is 0. The van der Waals surface area contributed by atoms with Crippen molar-refractivity contribution in [2.24, 2.45) is 5.92 Å². The molecule has 108 valence electrons. The summed E-state index contributed by atoms with van der Waals surface area (Å²) in [5.41, 5.74) is 0.498. The van der Waals surface area contributed by atoms with Crippen LogP contribution in [0.4, 0.5) is 5.82 Å². The van der Waals surface area contributed by atoms with E-state index in [4.69, 9.17) is 0 Å². The third-order valence-corrected chi connectivity index (χ3v) is 3.95. The van der Waals surface area contributed by atoms with Crippen molar-refractivity contribution in [2.75, 3.05) is 18.0 Å². The molecule has 0 aromatic carbocycles. The van der Waals surface area contributed by atoms with E-state index in [1.165, 1.54) is 12.8 Å². The Balaban J connectivity index is 1.79. The molecule has 1 amide bonds. The van der Waals surface area contributed by atoms with Gasteiger partial charge in [0.25, 0.3) is 5.91 Å². The highest BCUT2D eigenvalue weighted by atomic mass is 16.2. The Morgan fingerprint density at radius 2 is 2.15 bits per heavy atom. The quantitative estimate of drug-likeness (QED) is 0.914. The zero-order valence-electron chi connectivity index (χ0n) is 12.2. The number of aromatic nitrogens is 2. The van der Waals surface area contributed by atoms with Gasteiger partial charge in [0.05, 0.1) is 0 Å². The second-order valence-electron chi connectivity index (χ2n) is 6.10. The zero-order chi connectivity index (χ0) is 14.1. The minimum absolute atomic E-state index is 0.0655. The van der Waals surface area contributed by atoms with E-state index >= 15 is 0 Å². The number of nitrogens with one attached hydrogen (secondary N) is 1. The van der Waals surface area contributed by atoms with Crippen molar-refractivity contribution in [2.45, 2.75) is 45.6 Å². The summed E-state index contributed by atoms with van der Waals surface area (Å²) in [6.45, 7) is 6.15. The molecule has 1 unspecified atom stereocenters. The molecule has 0 bridgehead atoms. The van der Waals surface area contributed by atoms with Gasteiger partial charge in [-0.05, 0) is 38.5 Å². The maximum absolute atomic E-state index is 12.1. The summed E-state index contributed by atoms with van der Waals surface area (Å²) in [5, 5.41) is 2.99. The molecule has 0 radical (unpaired) electrons. The molecule has 3 rings (SSSR count). The molecular formula is C15H22N4O. The number of aryl methyl sites for hydroxylation is 1. The van der Waals surface area contributed by atoms with Gasteiger partial charge in [0.2, 0.25) is 0 Å². The molecule has 5 heteroatoms. The number of nitrogens with zero attached hydrogens (tertiary/aromatic N) is 3. The van der Waals surface area contributed by atoms with Crippen LogP contribution in [0.1, 0.15) is 48.9 Å². The van der Waals surface area contributed by atoms with Crippen LogP contribution < -0.4 is 10.2 Å². The summed E-state index contributed by atoms with van der Waals surface area (Å²) in [6.07, 6.45) is 4.64. The van der Waals surface area contributed by atoms with Gasteiger partial charge in [-0.25, -0.2) is 9.97 Å². The Morgan fingerprint density at radius 1 is 1.35 bits per heavy atom. The predicted octanol–water partition coefficient (Wildman–Crippen LogP) is 1.91. The van der Waals surface area contributed by atoms with Crippen LogP contribution in [-0.2, 0) is 0 Å². The number of piperidine rings is 1. The zero-order valence-corrected chi connectivity index (χ0v) is 12.2. The fourth-order valence-corrected chi connectivity index (χ4v) is 2.71. The molecule has 1 aromatic heterocycles. The fraction of sp³-hybridized carbons (Fsp3) is 0.667. The maximum Gasteiger partial charge on any atom is 0.270 e. The minimum Gasteiger partial charge on any atom is -0.356 e. The van der Waals surface area contributed by atoms with Crippen molar-refractivity contribution < 1.29 is 4.79 Å². The van der Waals surface area contributed by atoms with Crippen molar-refractivity contribution in [1.29, 1.82) is 0 Å². The molecule has 5 nitrogen and oxygen atoms in total. The summed E-state index contributed by atoms with van der Waals surface area (Å²) in [6, 6.07) is 2.19. The monoisotopic (exact) mass is 274 g/mol. The van der Waals surface area contributed by atoms with Crippen molar-refractivity contribution in [3.8, 4) is 0 Å². The lowest BCUT2D eigenvalue weighted by Gasteiger charge is -2.32. The van der Waals surface area contributed by atoms with E-state index in [9.17, 15) is 4.79 Å².